The van der Waals surface area contributed by atoms with Crippen molar-refractivity contribution < 1.29 is 9.21 Å². The molecule has 1 atom stereocenters. The summed E-state index contributed by atoms with van der Waals surface area (Å²) in [6, 6.07) is 5.57. The Morgan fingerprint density at radius 3 is 3.08 bits per heavy atom. The monoisotopic (exact) mass is 358 g/mol. The highest BCUT2D eigenvalue weighted by Gasteiger charge is 2.27. The van der Waals surface area contributed by atoms with Gasteiger partial charge < -0.3 is 9.32 Å². The van der Waals surface area contributed by atoms with Gasteiger partial charge in [0.25, 0.3) is 5.91 Å². The van der Waals surface area contributed by atoms with Gasteiger partial charge in [0.2, 0.25) is 0 Å². The van der Waals surface area contributed by atoms with Crippen LogP contribution in [0, 0.1) is 0 Å². The van der Waals surface area contributed by atoms with Crippen LogP contribution < -0.4 is 0 Å². The Bertz CT molecular complexity index is 814. The molecule has 1 saturated heterocycles. The van der Waals surface area contributed by atoms with Gasteiger partial charge in [-0.15, -0.1) is 0 Å². The molecule has 4 heterocycles. The van der Waals surface area contributed by atoms with Crippen LogP contribution in [-0.4, -0.2) is 49.3 Å². The van der Waals surface area contributed by atoms with Gasteiger partial charge in [-0.2, -0.15) is 10.2 Å². The Hall–Kier alpha value is -2.55. The lowest BCUT2D eigenvalue weighted by Gasteiger charge is -2.31. The SMILES string of the molecule is O=C(c1ccc(CSc2ncn[nH]2)o1)N1CCC[C@H](c2ccn[nH]2)C1. The summed E-state index contributed by atoms with van der Waals surface area (Å²) < 4.78 is 5.73. The number of hydrogen-bond donors (Lipinski definition) is 2. The normalized spacial score (nSPS) is 17.8. The van der Waals surface area contributed by atoms with Crippen LogP contribution in [0.3, 0.4) is 0 Å². The van der Waals surface area contributed by atoms with Crippen molar-refractivity contribution in [3.05, 3.63) is 47.9 Å². The maximum atomic E-state index is 12.7. The van der Waals surface area contributed by atoms with Gasteiger partial charge in [0, 0.05) is 30.9 Å². The highest BCUT2D eigenvalue weighted by atomic mass is 32.2. The van der Waals surface area contributed by atoms with Gasteiger partial charge in [0.05, 0.1) is 5.75 Å². The first-order chi connectivity index (χ1) is 12.3. The predicted molar refractivity (Wildman–Crippen MR) is 91.1 cm³/mol. The summed E-state index contributed by atoms with van der Waals surface area (Å²) in [7, 11) is 0. The molecule has 4 rings (SSSR count). The molecule has 0 unspecified atom stereocenters. The van der Waals surface area contributed by atoms with E-state index in [0.717, 1.165) is 36.0 Å². The van der Waals surface area contributed by atoms with E-state index in [-0.39, 0.29) is 5.91 Å². The molecule has 0 aromatic carbocycles. The molecule has 0 spiro atoms. The molecule has 1 amide bonds. The Morgan fingerprint density at radius 1 is 1.32 bits per heavy atom. The van der Waals surface area contributed by atoms with Gasteiger partial charge in [0.1, 0.15) is 12.1 Å². The lowest BCUT2D eigenvalue weighted by Crippen LogP contribution is -2.39. The minimum Gasteiger partial charge on any atom is -0.455 e. The fourth-order valence-corrected chi connectivity index (χ4v) is 3.71. The Morgan fingerprint density at radius 2 is 2.28 bits per heavy atom. The molecule has 1 fully saturated rings. The number of rotatable bonds is 5. The van der Waals surface area contributed by atoms with Gasteiger partial charge in [-0.05, 0) is 31.0 Å². The largest absolute Gasteiger partial charge is 0.455 e. The lowest BCUT2D eigenvalue weighted by molar-refractivity contribution is 0.0672. The summed E-state index contributed by atoms with van der Waals surface area (Å²) in [6.45, 7) is 1.44. The van der Waals surface area contributed by atoms with E-state index in [1.54, 1.807) is 12.3 Å². The summed E-state index contributed by atoms with van der Waals surface area (Å²) in [6.07, 6.45) is 5.25. The first kappa shape index (κ1) is 15.9. The number of aromatic nitrogens is 5. The van der Waals surface area contributed by atoms with Crippen LogP contribution >= 0.6 is 11.8 Å². The third kappa shape index (κ3) is 3.60. The number of piperidine rings is 1. The first-order valence-corrected chi connectivity index (χ1v) is 9.13. The van der Waals surface area contributed by atoms with Crippen molar-refractivity contribution in [2.75, 3.05) is 13.1 Å². The maximum Gasteiger partial charge on any atom is 0.289 e. The number of thioether (sulfide) groups is 1. The summed E-state index contributed by atoms with van der Waals surface area (Å²) in [5, 5.41) is 14.3. The van der Waals surface area contributed by atoms with E-state index in [0.29, 0.717) is 24.0 Å². The topological polar surface area (TPSA) is 104 Å². The number of amides is 1. The maximum absolute atomic E-state index is 12.7. The van der Waals surface area contributed by atoms with E-state index in [1.165, 1.54) is 18.1 Å². The molecule has 1 aliphatic heterocycles. The molecule has 0 bridgehead atoms. The smallest absolute Gasteiger partial charge is 0.289 e. The van der Waals surface area contributed by atoms with Crippen molar-refractivity contribution in [1.82, 2.24) is 30.3 Å². The van der Waals surface area contributed by atoms with Crippen LogP contribution in [-0.2, 0) is 5.75 Å². The van der Waals surface area contributed by atoms with Crippen molar-refractivity contribution in [2.24, 2.45) is 0 Å². The summed E-state index contributed by atoms with van der Waals surface area (Å²) >= 11 is 1.48. The molecule has 0 radical (unpaired) electrons. The number of nitrogens with zero attached hydrogens (tertiary/aromatic N) is 4. The summed E-state index contributed by atoms with van der Waals surface area (Å²) in [5.74, 6) is 1.97. The second-order valence-electron chi connectivity index (χ2n) is 5.95. The number of likely N-dealkylation sites (tertiary alicyclic amines) is 1. The molecule has 9 heteroatoms. The van der Waals surface area contributed by atoms with E-state index in [9.17, 15) is 4.79 Å². The number of nitrogens with one attached hydrogen (secondary N) is 2. The predicted octanol–water partition coefficient (Wildman–Crippen LogP) is 2.43. The van der Waals surface area contributed by atoms with E-state index in [1.807, 2.05) is 17.0 Å². The van der Waals surface area contributed by atoms with E-state index in [4.69, 9.17) is 4.42 Å². The quantitative estimate of drug-likeness (QED) is 0.679. The molecule has 2 N–H and O–H groups in total. The Labute approximate surface area is 148 Å². The zero-order chi connectivity index (χ0) is 17.1. The molecule has 8 nitrogen and oxygen atoms in total. The third-order valence-electron chi connectivity index (χ3n) is 4.29. The number of carbonyl (C=O) groups excluding carboxylic acids is 1. The average molecular weight is 358 g/mol. The average Bonchev–Trinajstić information content (AvgIpc) is 3.42. The summed E-state index contributed by atoms with van der Waals surface area (Å²) in [5.41, 5.74) is 1.08. The van der Waals surface area contributed by atoms with Crippen molar-refractivity contribution in [2.45, 2.75) is 29.7 Å². The minimum absolute atomic E-state index is 0.0554. The minimum atomic E-state index is -0.0554. The molecule has 0 aliphatic carbocycles. The molecular weight excluding hydrogens is 340 g/mol. The molecule has 1 aliphatic rings. The molecule has 25 heavy (non-hydrogen) atoms. The van der Waals surface area contributed by atoms with Gasteiger partial charge in [-0.3, -0.25) is 15.0 Å². The number of furan rings is 1. The number of aromatic amines is 2. The number of hydrogen-bond acceptors (Lipinski definition) is 6. The lowest BCUT2D eigenvalue weighted by atomic mass is 9.95. The molecule has 130 valence electrons. The van der Waals surface area contributed by atoms with Crippen molar-refractivity contribution in [3.63, 3.8) is 0 Å². The first-order valence-electron chi connectivity index (χ1n) is 8.15. The Balaban J connectivity index is 1.38. The molecule has 3 aromatic rings. The van der Waals surface area contributed by atoms with E-state index >= 15 is 0 Å². The van der Waals surface area contributed by atoms with Crippen molar-refractivity contribution in [3.8, 4) is 0 Å². The highest BCUT2D eigenvalue weighted by molar-refractivity contribution is 7.98. The van der Waals surface area contributed by atoms with Gasteiger partial charge in [-0.25, -0.2) is 4.98 Å². The summed E-state index contributed by atoms with van der Waals surface area (Å²) in [4.78, 5) is 18.6. The second kappa shape index (κ2) is 7.14. The molecular formula is C16H18N6O2S. The Kier molecular flexibility index (Phi) is 4.55. The van der Waals surface area contributed by atoms with E-state index < -0.39 is 0 Å². The molecule has 3 aromatic heterocycles. The standard InChI is InChI=1S/C16H18N6O2S/c23-15(22-7-1-2-11(8-22)13-5-6-18-20-13)14-4-3-12(24-14)9-25-16-17-10-19-21-16/h3-6,10-11H,1-2,7-9H2,(H,18,20)(H,17,19,21)/t11-/m0/s1. The molecule has 0 saturated carbocycles. The van der Waals surface area contributed by atoms with Crippen molar-refractivity contribution in [1.29, 1.82) is 0 Å². The van der Waals surface area contributed by atoms with Crippen molar-refractivity contribution >= 4 is 17.7 Å². The van der Waals surface area contributed by atoms with Crippen LogP contribution in [0.1, 0.15) is 40.8 Å². The van der Waals surface area contributed by atoms with Crippen LogP contribution in [0.25, 0.3) is 0 Å². The number of carbonyl (C=O) groups is 1. The highest BCUT2D eigenvalue weighted by Crippen LogP contribution is 2.27. The van der Waals surface area contributed by atoms with Crippen LogP contribution in [0.4, 0.5) is 0 Å². The fraction of sp³-hybridized carbons (Fsp3) is 0.375. The number of H-pyrrole nitrogens is 2. The second-order valence-corrected chi connectivity index (χ2v) is 6.91. The van der Waals surface area contributed by atoms with Crippen LogP contribution in [0.2, 0.25) is 0 Å². The zero-order valence-corrected chi connectivity index (χ0v) is 14.3. The van der Waals surface area contributed by atoms with Crippen LogP contribution in [0.5, 0.6) is 0 Å². The third-order valence-corrected chi connectivity index (χ3v) is 5.19. The van der Waals surface area contributed by atoms with Gasteiger partial charge in [-0.1, -0.05) is 11.8 Å². The van der Waals surface area contributed by atoms with Gasteiger partial charge in [0.15, 0.2) is 10.9 Å². The van der Waals surface area contributed by atoms with Crippen LogP contribution in [0.15, 0.2) is 40.3 Å². The zero-order valence-electron chi connectivity index (χ0n) is 13.5. The van der Waals surface area contributed by atoms with E-state index in [2.05, 4.69) is 25.4 Å². The fourth-order valence-electron chi connectivity index (χ4n) is 3.04. The van der Waals surface area contributed by atoms with Gasteiger partial charge >= 0.3 is 0 Å².